The summed E-state index contributed by atoms with van der Waals surface area (Å²) in [6.07, 6.45) is 0. The van der Waals surface area contributed by atoms with Crippen molar-refractivity contribution in [1.82, 2.24) is 14.9 Å². The Morgan fingerprint density at radius 2 is 1.64 bits per heavy atom. The minimum Gasteiger partial charge on any atom is -0.496 e. The van der Waals surface area contributed by atoms with Gasteiger partial charge < -0.3 is 15.4 Å². The maximum Gasteiger partial charge on any atom is 0.242 e. The molecule has 0 aliphatic heterocycles. The van der Waals surface area contributed by atoms with Crippen molar-refractivity contribution in [1.29, 1.82) is 0 Å². The van der Waals surface area contributed by atoms with Crippen molar-refractivity contribution in [3.8, 4) is 5.75 Å². The van der Waals surface area contributed by atoms with Gasteiger partial charge >= 0.3 is 0 Å². The second-order valence-corrected chi connectivity index (χ2v) is 8.17. The molecule has 0 saturated heterocycles. The molecule has 0 radical (unpaired) electrons. The van der Waals surface area contributed by atoms with Crippen LogP contribution < -0.4 is 15.4 Å². The number of halogens is 1. The maximum absolute atomic E-state index is 12.1. The van der Waals surface area contributed by atoms with Crippen molar-refractivity contribution in [3.63, 3.8) is 0 Å². The highest BCUT2D eigenvalue weighted by Gasteiger charge is 2.16. The second-order valence-electron chi connectivity index (χ2n) is 6.02. The number of ether oxygens (including phenoxy) is 1. The Balaban J connectivity index is 0.00000392. The fraction of sp³-hybridized carbons (Fsp3) is 0.316. The van der Waals surface area contributed by atoms with E-state index < -0.39 is 10.0 Å². The zero-order valence-corrected chi connectivity index (χ0v) is 19.6. The number of nitrogens with one attached hydrogen (secondary N) is 2. The fourth-order valence-electron chi connectivity index (χ4n) is 2.42. The van der Waals surface area contributed by atoms with Crippen LogP contribution in [0.15, 0.2) is 58.4 Å². The summed E-state index contributed by atoms with van der Waals surface area (Å²) in [6.45, 7) is 1.09. The maximum atomic E-state index is 12.1. The van der Waals surface area contributed by atoms with Crippen LogP contribution in [0.4, 0.5) is 0 Å². The first-order valence-corrected chi connectivity index (χ1v) is 9.90. The molecule has 0 aromatic heterocycles. The molecule has 0 aliphatic rings. The van der Waals surface area contributed by atoms with Crippen molar-refractivity contribution in [2.45, 2.75) is 18.0 Å². The first-order chi connectivity index (χ1) is 12.9. The van der Waals surface area contributed by atoms with Gasteiger partial charge in [0.15, 0.2) is 5.96 Å². The highest BCUT2D eigenvalue weighted by atomic mass is 127. The molecule has 154 valence electrons. The SMILES string of the molecule is CN=C(NCc1ccc(S(=O)(=O)N(C)C)cc1)NCc1ccccc1OC.I. The van der Waals surface area contributed by atoms with E-state index in [2.05, 4.69) is 15.6 Å². The van der Waals surface area contributed by atoms with Crippen molar-refractivity contribution < 1.29 is 13.2 Å². The summed E-state index contributed by atoms with van der Waals surface area (Å²) in [5.74, 6) is 1.46. The van der Waals surface area contributed by atoms with Gasteiger partial charge in [0.05, 0.1) is 12.0 Å². The fourth-order valence-corrected chi connectivity index (χ4v) is 3.33. The number of sulfonamides is 1. The van der Waals surface area contributed by atoms with Gasteiger partial charge in [-0.15, -0.1) is 24.0 Å². The van der Waals surface area contributed by atoms with Crippen molar-refractivity contribution in [3.05, 3.63) is 59.7 Å². The predicted octanol–water partition coefficient (Wildman–Crippen LogP) is 2.43. The lowest BCUT2D eigenvalue weighted by Gasteiger charge is -2.14. The molecular formula is C19H27IN4O3S. The number of aliphatic imine (C=N–C) groups is 1. The van der Waals surface area contributed by atoms with Gasteiger partial charge in [-0.2, -0.15) is 0 Å². The van der Waals surface area contributed by atoms with Crippen LogP contribution in [0.5, 0.6) is 5.75 Å². The molecule has 0 unspecified atom stereocenters. The van der Waals surface area contributed by atoms with E-state index in [1.165, 1.54) is 18.4 Å². The molecule has 7 nitrogen and oxygen atoms in total. The Kier molecular flexibility index (Phi) is 9.70. The Bertz CT molecular complexity index is 884. The molecule has 0 heterocycles. The zero-order valence-electron chi connectivity index (χ0n) is 16.5. The molecule has 0 bridgehead atoms. The Hall–Kier alpha value is -1.85. The van der Waals surface area contributed by atoms with Gasteiger partial charge in [0.25, 0.3) is 0 Å². The summed E-state index contributed by atoms with van der Waals surface area (Å²) < 4.78 is 30.7. The standard InChI is InChI=1S/C19H26N4O3S.HI/c1-20-19(22-14-16-7-5-6-8-18(16)26-4)21-13-15-9-11-17(12-10-15)27(24,25)23(2)3;/h5-12H,13-14H2,1-4H3,(H2,20,21,22);1H. The summed E-state index contributed by atoms with van der Waals surface area (Å²) in [7, 11) is 2.97. The van der Waals surface area contributed by atoms with Crippen LogP contribution in [0.3, 0.4) is 0 Å². The zero-order chi connectivity index (χ0) is 19.9. The lowest BCUT2D eigenvalue weighted by Crippen LogP contribution is -2.36. The van der Waals surface area contributed by atoms with Gasteiger partial charge in [-0.1, -0.05) is 30.3 Å². The topological polar surface area (TPSA) is 83.0 Å². The van der Waals surface area contributed by atoms with Crippen LogP contribution in [-0.4, -0.2) is 46.9 Å². The van der Waals surface area contributed by atoms with Gasteiger partial charge in [-0.3, -0.25) is 4.99 Å². The number of hydrogen-bond donors (Lipinski definition) is 2. The predicted molar refractivity (Wildman–Crippen MR) is 123 cm³/mol. The molecule has 0 amide bonds. The Morgan fingerprint density at radius 3 is 2.21 bits per heavy atom. The molecule has 2 aromatic rings. The Labute approximate surface area is 184 Å². The van der Waals surface area contributed by atoms with Gasteiger partial charge in [0.1, 0.15) is 5.75 Å². The minimum atomic E-state index is -3.41. The number of para-hydroxylation sites is 1. The number of guanidine groups is 1. The molecule has 2 N–H and O–H groups in total. The van der Waals surface area contributed by atoms with Crippen molar-refractivity contribution >= 4 is 40.0 Å². The number of benzene rings is 2. The van der Waals surface area contributed by atoms with Gasteiger partial charge in [0.2, 0.25) is 10.0 Å². The molecule has 0 atom stereocenters. The summed E-state index contributed by atoms with van der Waals surface area (Å²) in [5.41, 5.74) is 1.98. The lowest BCUT2D eigenvalue weighted by atomic mass is 10.2. The number of hydrogen-bond acceptors (Lipinski definition) is 4. The molecular weight excluding hydrogens is 491 g/mol. The van der Waals surface area contributed by atoms with E-state index in [-0.39, 0.29) is 28.9 Å². The molecule has 2 aromatic carbocycles. The van der Waals surface area contributed by atoms with Crippen molar-refractivity contribution in [2.24, 2.45) is 4.99 Å². The monoisotopic (exact) mass is 518 g/mol. The summed E-state index contributed by atoms with van der Waals surface area (Å²) >= 11 is 0. The number of rotatable bonds is 7. The molecule has 0 fully saturated rings. The van der Waals surface area contributed by atoms with E-state index in [1.54, 1.807) is 38.4 Å². The Morgan fingerprint density at radius 1 is 1.04 bits per heavy atom. The van der Waals surface area contributed by atoms with Crippen LogP contribution in [0.1, 0.15) is 11.1 Å². The first-order valence-electron chi connectivity index (χ1n) is 8.46. The van der Waals surface area contributed by atoms with Crippen molar-refractivity contribution in [2.75, 3.05) is 28.3 Å². The average Bonchev–Trinajstić information content (AvgIpc) is 2.68. The van der Waals surface area contributed by atoms with E-state index in [0.717, 1.165) is 16.9 Å². The molecule has 0 saturated carbocycles. The normalized spacial score (nSPS) is 11.7. The van der Waals surface area contributed by atoms with E-state index in [4.69, 9.17) is 4.74 Å². The summed E-state index contributed by atoms with van der Waals surface area (Å²) in [5, 5.41) is 6.45. The van der Waals surface area contributed by atoms with E-state index in [1.807, 2.05) is 24.3 Å². The van der Waals surface area contributed by atoms with Crippen LogP contribution in [0.25, 0.3) is 0 Å². The third-order valence-electron chi connectivity index (χ3n) is 4.02. The van der Waals surface area contributed by atoms with Crippen LogP contribution in [0, 0.1) is 0 Å². The smallest absolute Gasteiger partial charge is 0.242 e. The average molecular weight is 518 g/mol. The molecule has 2 rings (SSSR count). The molecule has 0 aliphatic carbocycles. The quantitative estimate of drug-likeness (QED) is 0.334. The first kappa shape index (κ1) is 24.2. The van der Waals surface area contributed by atoms with Gasteiger partial charge in [0, 0.05) is 39.8 Å². The molecule has 0 spiro atoms. The van der Waals surface area contributed by atoms with Gasteiger partial charge in [-0.25, -0.2) is 12.7 Å². The molecule has 9 heteroatoms. The van der Waals surface area contributed by atoms with Gasteiger partial charge in [-0.05, 0) is 23.8 Å². The highest BCUT2D eigenvalue weighted by molar-refractivity contribution is 14.0. The summed E-state index contributed by atoms with van der Waals surface area (Å²) in [6, 6.07) is 14.6. The van der Waals surface area contributed by atoms with Crippen LogP contribution in [0.2, 0.25) is 0 Å². The summed E-state index contributed by atoms with van der Waals surface area (Å²) in [4.78, 5) is 4.48. The number of nitrogens with zero attached hydrogens (tertiary/aromatic N) is 2. The van der Waals surface area contributed by atoms with E-state index >= 15 is 0 Å². The third kappa shape index (κ3) is 6.35. The number of methoxy groups -OCH3 is 1. The minimum absolute atomic E-state index is 0. The lowest BCUT2D eigenvalue weighted by molar-refractivity contribution is 0.409. The van der Waals surface area contributed by atoms with Crippen LogP contribution >= 0.6 is 24.0 Å². The van der Waals surface area contributed by atoms with Crippen LogP contribution in [-0.2, 0) is 23.1 Å². The largest absolute Gasteiger partial charge is 0.496 e. The third-order valence-corrected chi connectivity index (χ3v) is 5.85. The second kappa shape index (κ2) is 11.2. The highest BCUT2D eigenvalue weighted by Crippen LogP contribution is 2.16. The molecule has 28 heavy (non-hydrogen) atoms. The van der Waals surface area contributed by atoms with E-state index in [0.29, 0.717) is 19.0 Å². The van der Waals surface area contributed by atoms with E-state index in [9.17, 15) is 8.42 Å².